The average molecular weight is 193 g/mol. The quantitative estimate of drug-likeness (QED) is 0.755. The summed E-state index contributed by atoms with van der Waals surface area (Å²) in [7, 11) is 0. The third-order valence-corrected chi connectivity index (χ3v) is 3.05. The van der Waals surface area contributed by atoms with Crippen molar-refractivity contribution in [3.8, 4) is 0 Å². The van der Waals surface area contributed by atoms with Gasteiger partial charge in [-0.2, -0.15) is 0 Å². The third-order valence-electron chi connectivity index (χ3n) is 2.04. The second kappa shape index (κ2) is 2.96. The van der Waals surface area contributed by atoms with Gasteiger partial charge in [0.25, 0.3) is 0 Å². The number of thiophene rings is 1. The highest BCUT2D eigenvalue weighted by Gasteiger charge is 2.08. The molecule has 0 saturated carbocycles. The van der Waals surface area contributed by atoms with Gasteiger partial charge in [0, 0.05) is 4.88 Å². The van der Waals surface area contributed by atoms with Gasteiger partial charge in [-0.1, -0.05) is 6.92 Å². The molecular formula is C9H11N3S. The summed E-state index contributed by atoms with van der Waals surface area (Å²) in [4.78, 5) is 10.8. The smallest absolute Gasteiger partial charge is 0.144 e. The van der Waals surface area contributed by atoms with Crippen LogP contribution in [0, 0.1) is 6.92 Å². The first-order chi connectivity index (χ1) is 6.22. The molecule has 13 heavy (non-hydrogen) atoms. The van der Waals surface area contributed by atoms with Crippen molar-refractivity contribution in [1.29, 1.82) is 0 Å². The normalized spacial score (nSPS) is 10.9. The van der Waals surface area contributed by atoms with Crippen molar-refractivity contribution >= 4 is 27.4 Å². The molecule has 0 atom stereocenters. The molecule has 2 aromatic rings. The second-order valence-corrected chi connectivity index (χ2v) is 4.14. The fourth-order valence-corrected chi connectivity index (χ4v) is 2.06. The van der Waals surface area contributed by atoms with E-state index < -0.39 is 0 Å². The van der Waals surface area contributed by atoms with Crippen LogP contribution in [0.1, 0.15) is 17.5 Å². The lowest BCUT2D eigenvalue weighted by Crippen LogP contribution is -1.91. The Bertz CT molecular complexity index is 447. The Morgan fingerprint density at radius 3 is 3.00 bits per heavy atom. The number of nitrogens with zero attached hydrogens (tertiary/aromatic N) is 2. The fourth-order valence-electron chi connectivity index (χ4n) is 1.20. The summed E-state index contributed by atoms with van der Waals surface area (Å²) in [6.45, 7) is 4.06. The number of aromatic nitrogens is 2. The van der Waals surface area contributed by atoms with E-state index in [0.717, 1.165) is 33.0 Å². The molecule has 0 fully saturated rings. The summed E-state index contributed by atoms with van der Waals surface area (Å²) in [5.41, 5.74) is 8.51. The predicted molar refractivity (Wildman–Crippen MR) is 55.9 cm³/mol. The first-order valence-corrected chi connectivity index (χ1v) is 5.04. The zero-order valence-corrected chi connectivity index (χ0v) is 8.48. The summed E-state index contributed by atoms with van der Waals surface area (Å²) < 4.78 is 0. The lowest BCUT2D eigenvalue weighted by Gasteiger charge is -1.95. The van der Waals surface area contributed by atoms with Crippen molar-refractivity contribution in [3.05, 3.63) is 16.8 Å². The van der Waals surface area contributed by atoms with Crippen LogP contribution in [0.4, 0.5) is 5.69 Å². The summed E-state index contributed by atoms with van der Waals surface area (Å²) in [5.74, 6) is 0. The summed E-state index contributed by atoms with van der Waals surface area (Å²) in [6.07, 6.45) is 2.72. The lowest BCUT2D eigenvalue weighted by atomic mass is 10.3. The molecule has 0 aliphatic rings. The fraction of sp³-hybridized carbons (Fsp3) is 0.333. The van der Waals surface area contributed by atoms with Gasteiger partial charge in [0.05, 0.1) is 17.6 Å². The van der Waals surface area contributed by atoms with Crippen molar-refractivity contribution in [2.75, 3.05) is 5.73 Å². The zero-order chi connectivity index (χ0) is 9.42. The van der Waals surface area contributed by atoms with Crippen LogP contribution in [-0.4, -0.2) is 9.97 Å². The molecule has 2 N–H and O–H groups in total. The molecule has 2 aromatic heterocycles. The molecule has 0 aromatic carbocycles. The van der Waals surface area contributed by atoms with Crippen LogP contribution >= 0.6 is 11.3 Å². The summed E-state index contributed by atoms with van der Waals surface area (Å²) in [6, 6.07) is 0. The summed E-state index contributed by atoms with van der Waals surface area (Å²) in [5, 5.41) is 0. The molecule has 2 rings (SSSR count). The van der Waals surface area contributed by atoms with Gasteiger partial charge >= 0.3 is 0 Å². The topological polar surface area (TPSA) is 51.8 Å². The summed E-state index contributed by atoms with van der Waals surface area (Å²) >= 11 is 1.60. The van der Waals surface area contributed by atoms with Crippen LogP contribution in [0.5, 0.6) is 0 Å². The Morgan fingerprint density at radius 1 is 1.54 bits per heavy atom. The highest BCUT2D eigenvalue weighted by Crippen LogP contribution is 2.29. The maximum Gasteiger partial charge on any atom is 0.144 e. The molecule has 0 aliphatic heterocycles. The first-order valence-electron chi connectivity index (χ1n) is 4.23. The van der Waals surface area contributed by atoms with Gasteiger partial charge < -0.3 is 5.73 Å². The molecular weight excluding hydrogens is 182 g/mol. The predicted octanol–water partition coefficient (Wildman–Crippen LogP) is 2.14. The van der Waals surface area contributed by atoms with Crippen molar-refractivity contribution in [2.45, 2.75) is 20.3 Å². The van der Waals surface area contributed by atoms with Gasteiger partial charge in [0.1, 0.15) is 10.3 Å². The van der Waals surface area contributed by atoms with Gasteiger partial charge in [0.2, 0.25) is 0 Å². The SMILES string of the molecule is CCc1cnc2sc(C)c(N)c2n1. The standard InChI is InChI=1S/C9H11N3S/c1-3-6-4-11-9-8(12-6)7(10)5(2)13-9/h4H,3,10H2,1-2H3. The number of hydrogen-bond donors (Lipinski definition) is 1. The average Bonchev–Trinajstić information content (AvgIpc) is 2.43. The van der Waals surface area contributed by atoms with Gasteiger partial charge in [0.15, 0.2) is 0 Å². The number of aryl methyl sites for hydroxylation is 2. The lowest BCUT2D eigenvalue weighted by molar-refractivity contribution is 1.03. The molecule has 0 spiro atoms. The molecule has 68 valence electrons. The van der Waals surface area contributed by atoms with E-state index in [-0.39, 0.29) is 0 Å². The van der Waals surface area contributed by atoms with Gasteiger partial charge in [-0.15, -0.1) is 11.3 Å². The Morgan fingerprint density at radius 2 is 2.31 bits per heavy atom. The monoisotopic (exact) mass is 193 g/mol. The van der Waals surface area contributed by atoms with Crippen LogP contribution in [0.2, 0.25) is 0 Å². The van der Waals surface area contributed by atoms with Crippen LogP contribution < -0.4 is 5.73 Å². The van der Waals surface area contributed by atoms with Crippen molar-refractivity contribution in [3.63, 3.8) is 0 Å². The number of nitrogen functional groups attached to an aromatic ring is 1. The molecule has 0 radical (unpaired) electrons. The van der Waals surface area contributed by atoms with E-state index in [1.807, 2.05) is 13.1 Å². The van der Waals surface area contributed by atoms with Gasteiger partial charge in [-0.3, -0.25) is 0 Å². The minimum atomic E-state index is 0.780. The van der Waals surface area contributed by atoms with Crippen molar-refractivity contribution in [1.82, 2.24) is 9.97 Å². The molecule has 0 saturated heterocycles. The Kier molecular flexibility index (Phi) is 1.92. The molecule has 2 heterocycles. The van der Waals surface area contributed by atoms with Crippen LogP contribution in [0.3, 0.4) is 0 Å². The minimum Gasteiger partial charge on any atom is -0.396 e. The molecule has 0 aliphatic carbocycles. The van der Waals surface area contributed by atoms with E-state index in [1.54, 1.807) is 11.3 Å². The third kappa shape index (κ3) is 1.27. The van der Waals surface area contributed by atoms with Crippen LogP contribution in [0.25, 0.3) is 10.3 Å². The molecule has 3 nitrogen and oxygen atoms in total. The second-order valence-electron chi connectivity index (χ2n) is 2.94. The molecule has 0 amide bonds. The maximum absolute atomic E-state index is 5.87. The van der Waals surface area contributed by atoms with E-state index >= 15 is 0 Å². The van der Waals surface area contributed by atoms with Gasteiger partial charge in [-0.05, 0) is 13.3 Å². The molecule has 4 heteroatoms. The van der Waals surface area contributed by atoms with Crippen molar-refractivity contribution in [2.24, 2.45) is 0 Å². The first kappa shape index (κ1) is 8.44. The number of nitrogens with two attached hydrogens (primary N) is 1. The van der Waals surface area contributed by atoms with Crippen LogP contribution in [0.15, 0.2) is 6.20 Å². The zero-order valence-electron chi connectivity index (χ0n) is 7.66. The van der Waals surface area contributed by atoms with E-state index in [0.29, 0.717) is 0 Å². The van der Waals surface area contributed by atoms with E-state index in [4.69, 9.17) is 5.73 Å². The Hall–Kier alpha value is -1.16. The van der Waals surface area contributed by atoms with E-state index in [9.17, 15) is 0 Å². The van der Waals surface area contributed by atoms with Crippen LogP contribution in [-0.2, 0) is 6.42 Å². The van der Waals surface area contributed by atoms with Crippen molar-refractivity contribution < 1.29 is 0 Å². The van der Waals surface area contributed by atoms with E-state index in [2.05, 4.69) is 16.9 Å². The largest absolute Gasteiger partial charge is 0.396 e. The highest BCUT2D eigenvalue weighted by molar-refractivity contribution is 7.19. The molecule has 0 bridgehead atoms. The Balaban J connectivity index is 2.75. The Labute approximate surface area is 80.6 Å². The van der Waals surface area contributed by atoms with E-state index in [1.165, 1.54) is 0 Å². The number of rotatable bonds is 1. The maximum atomic E-state index is 5.87. The highest BCUT2D eigenvalue weighted by atomic mass is 32.1. The molecule has 0 unspecified atom stereocenters. The number of hydrogen-bond acceptors (Lipinski definition) is 4. The van der Waals surface area contributed by atoms with Gasteiger partial charge in [-0.25, -0.2) is 9.97 Å². The minimum absolute atomic E-state index is 0.780. The number of fused-ring (bicyclic) bond motifs is 1. The number of anilines is 1.